The zero-order chi connectivity index (χ0) is 15.6. The van der Waals surface area contributed by atoms with Crippen LogP contribution in [0, 0.1) is 0 Å². The first-order valence-electron chi connectivity index (χ1n) is 6.49. The van der Waals surface area contributed by atoms with Crippen LogP contribution in [0.2, 0.25) is 0 Å². The van der Waals surface area contributed by atoms with E-state index in [4.69, 9.17) is 0 Å². The lowest BCUT2D eigenvalue weighted by Crippen LogP contribution is -2.06. The molecule has 22 heavy (non-hydrogen) atoms. The van der Waals surface area contributed by atoms with Crippen LogP contribution in [0.3, 0.4) is 0 Å². The fourth-order valence-corrected chi connectivity index (χ4v) is 2.16. The molecule has 2 aromatic heterocycles. The molecule has 3 aromatic rings. The number of halogens is 3. The lowest BCUT2D eigenvalue weighted by Gasteiger charge is -2.11. The molecule has 1 aromatic carbocycles. The van der Waals surface area contributed by atoms with Crippen LogP contribution < -0.4 is 0 Å². The topological polar surface area (TPSA) is 43.6 Å². The summed E-state index contributed by atoms with van der Waals surface area (Å²) in [4.78, 5) is 4.22. The van der Waals surface area contributed by atoms with E-state index >= 15 is 0 Å². The van der Waals surface area contributed by atoms with Gasteiger partial charge in [0.1, 0.15) is 0 Å². The lowest BCUT2D eigenvalue weighted by molar-refractivity contribution is -0.137. The van der Waals surface area contributed by atoms with E-state index in [2.05, 4.69) is 15.3 Å². The third kappa shape index (κ3) is 2.98. The summed E-state index contributed by atoms with van der Waals surface area (Å²) in [5.74, 6) is 0. The minimum Gasteiger partial charge on any atom is -0.256 e. The van der Waals surface area contributed by atoms with Crippen molar-refractivity contribution in [2.75, 3.05) is 0 Å². The molecule has 3 rings (SSSR count). The number of nitrogens with zero attached hydrogens (tertiary/aromatic N) is 4. The second kappa shape index (κ2) is 5.59. The molecular weight excluding hydrogens is 293 g/mol. The number of alkyl halides is 3. The van der Waals surface area contributed by atoms with E-state index in [-0.39, 0.29) is 0 Å². The van der Waals surface area contributed by atoms with E-state index in [9.17, 15) is 13.2 Å². The monoisotopic (exact) mass is 304 g/mol. The summed E-state index contributed by atoms with van der Waals surface area (Å²) in [7, 11) is 0. The third-order valence-electron chi connectivity index (χ3n) is 3.16. The molecule has 0 saturated carbocycles. The summed E-state index contributed by atoms with van der Waals surface area (Å²) in [5.41, 5.74) is 1.00. The zero-order valence-corrected chi connectivity index (χ0v) is 11.3. The fourth-order valence-electron chi connectivity index (χ4n) is 2.16. The molecule has 0 aliphatic carbocycles. The average Bonchev–Trinajstić information content (AvgIpc) is 3.00. The first kappa shape index (κ1) is 14.2. The summed E-state index contributed by atoms with van der Waals surface area (Å²) in [6.07, 6.45) is 0.403. The Labute approximate surface area is 124 Å². The van der Waals surface area contributed by atoms with Crippen molar-refractivity contribution in [1.29, 1.82) is 0 Å². The summed E-state index contributed by atoms with van der Waals surface area (Å²) in [6, 6.07) is 8.69. The van der Waals surface area contributed by atoms with Gasteiger partial charge in [-0.3, -0.25) is 4.98 Å². The predicted octanol–water partition coefficient (Wildman–Crippen LogP) is 3.41. The Balaban J connectivity index is 2.02. The molecule has 0 unspecified atom stereocenters. The van der Waals surface area contributed by atoms with Crippen molar-refractivity contribution in [3.63, 3.8) is 0 Å². The SMILES string of the molecule is FC(F)(F)c1cccc(-c2ncccc2Cn2ccnn2)c1. The van der Waals surface area contributed by atoms with E-state index < -0.39 is 11.7 Å². The number of rotatable bonds is 3. The molecule has 0 N–H and O–H groups in total. The van der Waals surface area contributed by atoms with Crippen LogP contribution >= 0.6 is 0 Å². The van der Waals surface area contributed by atoms with Crippen LogP contribution in [0.1, 0.15) is 11.1 Å². The Bertz CT molecular complexity index is 766. The molecule has 4 nitrogen and oxygen atoms in total. The Kier molecular flexibility index (Phi) is 3.62. The molecule has 0 radical (unpaired) electrons. The first-order chi connectivity index (χ1) is 10.5. The van der Waals surface area contributed by atoms with Gasteiger partial charge in [0.2, 0.25) is 0 Å². The molecule has 0 aliphatic rings. The van der Waals surface area contributed by atoms with Crippen LogP contribution in [-0.2, 0) is 12.7 Å². The first-order valence-corrected chi connectivity index (χ1v) is 6.49. The highest BCUT2D eigenvalue weighted by Gasteiger charge is 2.30. The number of aromatic nitrogens is 4. The average molecular weight is 304 g/mol. The summed E-state index contributed by atoms with van der Waals surface area (Å²) in [6.45, 7) is 0.388. The Hall–Kier alpha value is -2.70. The molecule has 0 aliphatic heterocycles. The molecule has 0 bridgehead atoms. The highest BCUT2D eigenvalue weighted by atomic mass is 19.4. The van der Waals surface area contributed by atoms with E-state index in [0.717, 1.165) is 17.7 Å². The van der Waals surface area contributed by atoms with Crippen LogP contribution in [-0.4, -0.2) is 20.0 Å². The van der Waals surface area contributed by atoms with Gasteiger partial charge in [-0.25, -0.2) is 4.68 Å². The van der Waals surface area contributed by atoms with Crippen LogP contribution in [0.25, 0.3) is 11.3 Å². The number of pyridine rings is 1. The maximum absolute atomic E-state index is 12.8. The van der Waals surface area contributed by atoms with E-state index in [0.29, 0.717) is 17.8 Å². The van der Waals surface area contributed by atoms with Gasteiger partial charge >= 0.3 is 6.18 Å². The van der Waals surface area contributed by atoms with Gasteiger partial charge < -0.3 is 0 Å². The lowest BCUT2D eigenvalue weighted by atomic mass is 10.0. The maximum Gasteiger partial charge on any atom is 0.416 e. The van der Waals surface area contributed by atoms with Crippen LogP contribution in [0.15, 0.2) is 55.0 Å². The number of hydrogen-bond donors (Lipinski definition) is 0. The van der Waals surface area contributed by atoms with Crippen molar-refractivity contribution < 1.29 is 13.2 Å². The Morgan fingerprint density at radius 3 is 2.64 bits per heavy atom. The Morgan fingerprint density at radius 1 is 1.05 bits per heavy atom. The van der Waals surface area contributed by atoms with E-state index in [1.54, 1.807) is 35.4 Å². The van der Waals surface area contributed by atoms with E-state index in [1.807, 2.05) is 6.07 Å². The van der Waals surface area contributed by atoms with Crippen molar-refractivity contribution in [3.05, 3.63) is 66.1 Å². The van der Waals surface area contributed by atoms with Crippen molar-refractivity contribution in [1.82, 2.24) is 20.0 Å². The van der Waals surface area contributed by atoms with Gasteiger partial charge in [0.05, 0.1) is 24.0 Å². The molecule has 112 valence electrons. The normalized spacial score (nSPS) is 11.6. The Morgan fingerprint density at radius 2 is 1.91 bits per heavy atom. The minimum atomic E-state index is -4.38. The van der Waals surface area contributed by atoms with Crippen molar-refractivity contribution in [2.45, 2.75) is 12.7 Å². The fraction of sp³-hybridized carbons (Fsp3) is 0.133. The quantitative estimate of drug-likeness (QED) is 0.745. The van der Waals surface area contributed by atoms with Crippen LogP contribution in [0.5, 0.6) is 0 Å². The van der Waals surface area contributed by atoms with Crippen molar-refractivity contribution >= 4 is 0 Å². The number of benzene rings is 1. The van der Waals surface area contributed by atoms with Gasteiger partial charge in [-0.2, -0.15) is 13.2 Å². The molecule has 0 spiro atoms. The second-order valence-electron chi connectivity index (χ2n) is 4.69. The van der Waals surface area contributed by atoms with Gasteiger partial charge in [0.25, 0.3) is 0 Å². The maximum atomic E-state index is 12.8. The third-order valence-corrected chi connectivity index (χ3v) is 3.16. The molecule has 0 saturated heterocycles. The van der Waals surface area contributed by atoms with Crippen molar-refractivity contribution in [2.24, 2.45) is 0 Å². The second-order valence-corrected chi connectivity index (χ2v) is 4.69. The largest absolute Gasteiger partial charge is 0.416 e. The molecule has 0 fully saturated rings. The molecule has 0 atom stereocenters. The van der Waals surface area contributed by atoms with Gasteiger partial charge in [0, 0.05) is 18.0 Å². The standard InChI is InChI=1S/C15H11F3N4/c16-15(17,18)13-5-1-3-11(9-13)14-12(4-2-6-19-14)10-22-8-7-20-21-22/h1-9H,10H2. The molecular formula is C15H11F3N4. The molecule has 2 heterocycles. The van der Waals surface area contributed by atoms with Gasteiger partial charge in [-0.05, 0) is 23.8 Å². The minimum absolute atomic E-state index is 0.388. The highest BCUT2D eigenvalue weighted by Crippen LogP contribution is 2.32. The van der Waals surface area contributed by atoms with Gasteiger partial charge in [-0.15, -0.1) is 5.10 Å². The summed E-state index contributed by atoms with van der Waals surface area (Å²) in [5, 5.41) is 7.57. The van der Waals surface area contributed by atoms with Crippen molar-refractivity contribution in [3.8, 4) is 11.3 Å². The molecule has 7 heteroatoms. The zero-order valence-electron chi connectivity index (χ0n) is 11.3. The van der Waals surface area contributed by atoms with Gasteiger partial charge in [0.15, 0.2) is 0 Å². The highest BCUT2D eigenvalue weighted by molar-refractivity contribution is 5.64. The summed E-state index contributed by atoms with van der Waals surface area (Å²) < 4.78 is 40.1. The van der Waals surface area contributed by atoms with E-state index in [1.165, 1.54) is 6.07 Å². The summed E-state index contributed by atoms with van der Waals surface area (Å²) >= 11 is 0. The van der Waals surface area contributed by atoms with Gasteiger partial charge in [-0.1, -0.05) is 23.4 Å². The smallest absolute Gasteiger partial charge is 0.256 e. The molecule has 0 amide bonds. The predicted molar refractivity (Wildman–Crippen MR) is 73.8 cm³/mol. The number of hydrogen-bond acceptors (Lipinski definition) is 3. The van der Waals surface area contributed by atoms with Crippen LogP contribution in [0.4, 0.5) is 13.2 Å².